The lowest BCUT2D eigenvalue weighted by molar-refractivity contribution is 0.221. The number of methoxy groups -OCH3 is 1. The molecule has 2 aromatic rings. The summed E-state index contributed by atoms with van der Waals surface area (Å²) in [5, 5.41) is 0. The zero-order chi connectivity index (χ0) is 20.1. The van der Waals surface area contributed by atoms with E-state index in [9.17, 15) is 8.42 Å². The van der Waals surface area contributed by atoms with Crippen LogP contribution in [0.5, 0.6) is 5.75 Å². The van der Waals surface area contributed by atoms with Crippen LogP contribution >= 0.6 is 0 Å². The van der Waals surface area contributed by atoms with Crippen LogP contribution < -0.4 is 9.46 Å². The number of piperidine rings is 1. The molecule has 0 bridgehead atoms. The van der Waals surface area contributed by atoms with Crippen molar-refractivity contribution in [2.75, 3.05) is 20.2 Å². The Balaban J connectivity index is 1.69. The minimum Gasteiger partial charge on any atom is -0.496 e. The Hall–Kier alpha value is -1.89. The van der Waals surface area contributed by atoms with E-state index in [2.05, 4.69) is 21.8 Å². The molecular weight excluding hydrogens is 372 g/mol. The molecular formula is C22H30N2O3S. The summed E-state index contributed by atoms with van der Waals surface area (Å²) in [5.74, 6) is 0.696. The summed E-state index contributed by atoms with van der Waals surface area (Å²) >= 11 is 0. The van der Waals surface area contributed by atoms with Crippen LogP contribution in [-0.4, -0.2) is 33.5 Å². The van der Waals surface area contributed by atoms with Crippen molar-refractivity contribution in [3.8, 4) is 5.75 Å². The molecule has 6 heteroatoms. The molecule has 28 heavy (non-hydrogen) atoms. The van der Waals surface area contributed by atoms with E-state index in [1.165, 1.54) is 24.8 Å². The Morgan fingerprint density at radius 2 is 1.71 bits per heavy atom. The van der Waals surface area contributed by atoms with Crippen LogP contribution in [0.15, 0.2) is 41.3 Å². The Labute approximate surface area is 168 Å². The first kappa shape index (κ1) is 20.8. The Bertz CT molecular complexity index is 919. The summed E-state index contributed by atoms with van der Waals surface area (Å²) < 4.78 is 33.7. The van der Waals surface area contributed by atoms with Gasteiger partial charge in [0.2, 0.25) is 10.0 Å². The first-order chi connectivity index (χ1) is 13.4. The van der Waals surface area contributed by atoms with Gasteiger partial charge in [-0.2, -0.15) is 0 Å². The Morgan fingerprint density at radius 3 is 2.43 bits per heavy atom. The topological polar surface area (TPSA) is 58.6 Å². The normalized spacial score (nSPS) is 15.5. The number of benzene rings is 2. The second-order valence-electron chi connectivity index (χ2n) is 7.57. The smallest absolute Gasteiger partial charge is 0.241 e. The van der Waals surface area contributed by atoms with Gasteiger partial charge in [0, 0.05) is 13.1 Å². The van der Waals surface area contributed by atoms with Gasteiger partial charge in [-0.05, 0) is 74.2 Å². The van der Waals surface area contributed by atoms with Gasteiger partial charge in [0.1, 0.15) is 5.75 Å². The molecule has 5 nitrogen and oxygen atoms in total. The van der Waals surface area contributed by atoms with E-state index in [1.807, 2.05) is 19.1 Å². The lowest BCUT2D eigenvalue weighted by atomic mass is 10.1. The highest BCUT2D eigenvalue weighted by molar-refractivity contribution is 7.89. The molecule has 1 saturated heterocycles. The average Bonchev–Trinajstić information content (AvgIpc) is 2.69. The van der Waals surface area contributed by atoms with Crippen LogP contribution in [0.25, 0.3) is 0 Å². The second-order valence-corrected chi connectivity index (χ2v) is 9.30. The third kappa shape index (κ3) is 5.13. The molecule has 2 aromatic carbocycles. The Morgan fingerprint density at radius 1 is 1.00 bits per heavy atom. The first-order valence-electron chi connectivity index (χ1n) is 9.84. The molecule has 152 valence electrons. The first-order valence-corrected chi connectivity index (χ1v) is 11.3. The number of aryl methyl sites for hydroxylation is 2. The van der Waals surface area contributed by atoms with Crippen molar-refractivity contribution < 1.29 is 13.2 Å². The van der Waals surface area contributed by atoms with Crippen molar-refractivity contribution >= 4 is 10.0 Å². The molecule has 1 aliphatic heterocycles. The maximum Gasteiger partial charge on any atom is 0.241 e. The SMILES string of the molecule is COc1cc(C)c(S(=O)(=O)NCc2cccc(CN3CCCCC3)c2)cc1C. The molecule has 0 radical (unpaired) electrons. The molecule has 1 fully saturated rings. The highest BCUT2D eigenvalue weighted by atomic mass is 32.2. The molecule has 1 aliphatic rings. The van der Waals surface area contributed by atoms with E-state index in [0.717, 1.165) is 30.8 Å². The van der Waals surface area contributed by atoms with Crippen molar-refractivity contribution in [2.24, 2.45) is 0 Å². The summed E-state index contributed by atoms with van der Waals surface area (Å²) in [4.78, 5) is 2.77. The molecule has 0 spiro atoms. The third-order valence-corrected chi connectivity index (χ3v) is 6.84. The summed E-state index contributed by atoms with van der Waals surface area (Å²) in [6.07, 6.45) is 3.85. The van der Waals surface area contributed by atoms with E-state index in [1.54, 1.807) is 26.2 Å². The van der Waals surface area contributed by atoms with Crippen LogP contribution in [0.1, 0.15) is 41.5 Å². The van der Waals surface area contributed by atoms with Gasteiger partial charge < -0.3 is 4.74 Å². The van der Waals surface area contributed by atoms with E-state index in [0.29, 0.717) is 16.2 Å². The standard InChI is InChI=1S/C22H30N2O3S/c1-17-13-22(18(2)12-21(17)27-3)28(25,26)23-15-19-8-7-9-20(14-19)16-24-10-5-4-6-11-24/h7-9,12-14,23H,4-6,10-11,15-16H2,1-3H3. The molecule has 0 amide bonds. The molecule has 0 atom stereocenters. The van der Waals surface area contributed by atoms with Gasteiger partial charge in [-0.1, -0.05) is 30.7 Å². The fourth-order valence-corrected chi connectivity index (χ4v) is 5.07. The van der Waals surface area contributed by atoms with Gasteiger partial charge in [0.15, 0.2) is 0 Å². The van der Waals surface area contributed by atoms with Gasteiger partial charge in [-0.25, -0.2) is 13.1 Å². The van der Waals surface area contributed by atoms with Crippen LogP contribution in [-0.2, 0) is 23.1 Å². The van der Waals surface area contributed by atoms with Gasteiger partial charge in [-0.15, -0.1) is 0 Å². The molecule has 0 saturated carbocycles. The number of hydrogen-bond acceptors (Lipinski definition) is 4. The quantitative estimate of drug-likeness (QED) is 0.766. The molecule has 1 N–H and O–H groups in total. The lowest BCUT2D eigenvalue weighted by Gasteiger charge is -2.26. The van der Waals surface area contributed by atoms with Crippen LogP contribution in [0.4, 0.5) is 0 Å². The van der Waals surface area contributed by atoms with E-state index < -0.39 is 10.0 Å². The van der Waals surface area contributed by atoms with Crippen LogP contribution in [0.3, 0.4) is 0 Å². The number of rotatable bonds is 7. The zero-order valence-corrected chi connectivity index (χ0v) is 17.8. The molecule has 0 aliphatic carbocycles. The minimum absolute atomic E-state index is 0.278. The minimum atomic E-state index is -3.59. The van der Waals surface area contributed by atoms with Gasteiger partial charge in [0.25, 0.3) is 0 Å². The number of sulfonamides is 1. The predicted octanol–water partition coefficient (Wildman–Crippen LogP) is 3.78. The van der Waals surface area contributed by atoms with E-state index in [4.69, 9.17) is 4.74 Å². The average molecular weight is 403 g/mol. The zero-order valence-electron chi connectivity index (χ0n) is 17.0. The number of ether oxygens (including phenoxy) is 1. The summed E-state index contributed by atoms with van der Waals surface area (Å²) in [6, 6.07) is 11.6. The number of nitrogens with one attached hydrogen (secondary N) is 1. The fraction of sp³-hybridized carbons (Fsp3) is 0.455. The van der Waals surface area contributed by atoms with E-state index in [-0.39, 0.29) is 6.54 Å². The lowest BCUT2D eigenvalue weighted by Crippen LogP contribution is -2.29. The molecule has 3 rings (SSSR count). The van der Waals surface area contributed by atoms with Crippen molar-refractivity contribution in [3.63, 3.8) is 0 Å². The Kier molecular flexibility index (Phi) is 6.75. The predicted molar refractivity (Wildman–Crippen MR) is 112 cm³/mol. The van der Waals surface area contributed by atoms with Crippen molar-refractivity contribution in [3.05, 3.63) is 58.7 Å². The molecule has 0 unspecified atom stereocenters. The largest absolute Gasteiger partial charge is 0.496 e. The monoisotopic (exact) mass is 402 g/mol. The maximum absolute atomic E-state index is 12.8. The van der Waals surface area contributed by atoms with Gasteiger partial charge in [0.05, 0.1) is 12.0 Å². The second kappa shape index (κ2) is 9.07. The van der Waals surface area contributed by atoms with E-state index >= 15 is 0 Å². The van der Waals surface area contributed by atoms with Gasteiger partial charge >= 0.3 is 0 Å². The maximum atomic E-state index is 12.8. The fourth-order valence-electron chi connectivity index (χ4n) is 3.74. The van der Waals surface area contributed by atoms with Crippen molar-refractivity contribution in [2.45, 2.75) is 51.1 Å². The van der Waals surface area contributed by atoms with Crippen molar-refractivity contribution in [1.29, 1.82) is 0 Å². The highest BCUT2D eigenvalue weighted by Gasteiger charge is 2.19. The summed E-state index contributed by atoms with van der Waals surface area (Å²) in [7, 11) is -2.00. The highest BCUT2D eigenvalue weighted by Crippen LogP contribution is 2.25. The third-order valence-electron chi connectivity index (χ3n) is 5.29. The molecule has 0 aromatic heterocycles. The summed E-state index contributed by atoms with van der Waals surface area (Å²) in [5.41, 5.74) is 3.68. The van der Waals surface area contributed by atoms with Crippen LogP contribution in [0.2, 0.25) is 0 Å². The molecule has 1 heterocycles. The van der Waals surface area contributed by atoms with Crippen LogP contribution in [0, 0.1) is 13.8 Å². The van der Waals surface area contributed by atoms with Gasteiger partial charge in [-0.3, -0.25) is 4.90 Å². The van der Waals surface area contributed by atoms with Crippen molar-refractivity contribution in [1.82, 2.24) is 9.62 Å². The summed E-state index contributed by atoms with van der Waals surface area (Å²) in [6.45, 7) is 7.13. The number of nitrogens with zero attached hydrogens (tertiary/aromatic N) is 1. The number of likely N-dealkylation sites (tertiary alicyclic amines) is 1. The number of hydrogen-bond donors (Lipinski definition) is 1.